The van der Waals surface area contributed by atoms with Crippen LogP contribution in [0.5, 0.6) is 0 Å². The van der Waals surface area contributed by atoms with E-state index in [1.165, 1.54) is 0 Å². The van der Waals surface area contributed by atoms with E-state index in [1.54, 1.807) is 11.2 Å². The van der Waals surface area contributed by atoms with Gasteiger partial charge in [0.2, 0.25) is 0 Å². The summed E-state index contributed by atoms with van der Waals surface area (Å²) < 4.78 is 11.7. The molecule has 0 spiro atoms. The summed E-state index contributed by atoms with van der Waals surface area (Å²) in [4.78, 5) is 56.8. The van der Waals surface area contributed by atoms with Crippen molar-refractivity contribution in [3.8, 4) is 0 Å². The molecule has 1 aromatic heterocycles. The highest BCUT2D eigenvalue weighted by atomic mass is 16.6. The molecule has 3 saturated heterocycles. The predicted octanol–water partition coefficient (Wildman–Crippen LogP) is 4.36. The van der Waals surface area contributed by atoms with E-state index >= 15 is 0 Å². The maximum atomic E-state index is 14.3. The lowest BCUT2D eigenvalue weighted by Gasteiger charge is -2.41. The first-order valence-corrected chi connectivity index (χ1v) is 17.5. The molecule has 1 unspecified atom stereocenters. The van der Waals surface area contributed by atoms with Gasteiger partial charge in [0.05, 0.1) is 30.6 Å². The van der Waals surface area contributed by atoms with Crippen LogP contribution < -0.4 is 5.32 Å². The van der Waals surface area contributed by atoms with Crippen molar-refractivity contribution in [3.63, 3.8) is 0 Å². The molecule has 4 aliphatic heterocycles. The van der Waals surface area contributed by atoms with Crippen LogP contribution in [0.15, 0.2) is 42.7 Å². The molecule has 0 bridgehead atoms. The van der Waals surface area contributed by atoms with Gasteiger partial charge < -0.3 is 34.5 Å². The number of hydrogen-bond donors (Lipinski definition) is 2. The molecule has 0 saturated carbocycles. The molecule has 48 heavy (non-hydrogen) atoms. The third kappa shape index (κ3) is 6.73. The van der Waals surface area contributed by atoms with Crippen LogP contribution in [0.2, 0.25) is 0 Å². The zero-order chi connectivity index (χ0) is 33.2. The van der Waals surface area contributed by atoms with Gasteiger partial charge in [0.25, 0.3) is 5.91 Å². The molecular weight excluding hydrogens is 610 g/mol. The zero-order valence-electron chi connectivity index (χ0n) is 28.0. The van der Waals surface area contributed by atoms with E-state index in [4.69, 9.17) is 9.47 Å². The minimum atomic E-state index is -0.971. The standard InChI is InChI=1S/C36H47N7O5/c1-24-21-27(22-31-32(24)38-23-37-31)25(2)33(34(44)41-12-8-28(9-13-41)40-17-19-47-20-18-40)48-36(46)42-14-10-29(11-15-42)43-16-7-26-5-3-4-6-30(26)39-35(43)45/h3-6,21-23,25,28-29,33H,7-20H2,1-2H3,(H,37,38)(H,39,45)/t25-,33?/m1/s1. The maximum Gasteiger partial charge on any atom is 0.410 e. The average Bonchev–Trinajstić information content (AvgIpc) is 3.54. The van der Waals surface area contributed by atoms with E-state index in [0.717, 1.165) is 79.0 Å². The summed E-state index contributed by atoms with van der Waals surface area (Å²) in [7, 11) is 0. The number of carbonyl (C=O) groups is 3. The van der Waals surface area contributed by atoms with E-state index in [-0.39, 0.29) is 23.9 Å². The molecule has 0 aliphatic carbocycles. The lowest BCUT2D eigenvalue weighted by atomic mass is 9.91. The van der Waals surface area contributed by atoms with Crippen molar-refractivity contribution in [2.24, 2.45) is 0 Å². The Balaban J connectivity index is 1.02. The van der Waals surface area contributed by atoms with Gasteiger partial charge in [0.15, 0.2) is 6.10 Å². The fourth-order valence-electron chi connectivity index (χ4n) is 7.91. The second-order valence-corrected chi connectivity index (χ2v) is 13.7. The number of hydrogen-bond acceptors (Lipinski definition) is 7. The molecule has 0 radical (unpaired) electrons. The van der Waals surface area contributed by atoms with Gasteiger partial charge in [0, 0.05) is 69.5 Å². The second-order valence-electron chi connectivity index (χ2n) is 13.7. The van der Waals surface area contributed by atoms with Crippen LogP contribution in [0.1, 0.15) is 55.2 Å². The molecule has 5 heterocycles. The lowest BCUT2D eigenvalue weighted by Crippen LogP contribution is -2.54. The Labute approximate surface area is 281 Å². The molecule has 2 N–H and O–H groups in total. The number of carbonyl (C=O) groups excluding carboxylic acids is 3. The van der Waals surface area contributed by atoms with Crippen LogP contribution in [0.25, 0.3) is 11.0 Å². The number of aryl methyl sites for hydroxylation is 1. The van der Waals surface area contributed by atoms with Gasteiger partial charge in [-0.05, 0) is 67.9 Å². The van der Waals surface area contributed by atoms with E-state index < -0.39 is 12.2 Å². The van der Waals surface area contributed by atoms with Crippen molar-refractivity contribution in [1.82, 2.24) is 29.6 Å². The third-order valence-electron chi connectivity index (χ3n) is 10.8. The minimum absolute atomic E-state index is 0.0241. The predicted molar refractivity (Wildman–Crippen MR) is 182 cm³/mol. The van der Waals surface area contributed by atoms with Crippen LogP contribution in [0.3, 0.4) is 0 Å². The summed E-state index contributed by atoms with van der Waals surface area (Å²) in [5.41, 5.74) is 5.71. The first kappa shape index (κ1) is 32.4. The number of morpholine rings is 1. The first-order valence-electron chi connectivity index (χ1n) is 17.5. The molecule has 2 atom stereocenters. The average molecular weight is 658 g/mol. The summed E-state index contributed by atoms with van der Waals surface area (Å²) in [6, 6.07) is 12.3. The summed E-state index contributed by atoms with van der Waals surface area (Å²) in [6.45, 7) is 10.2. The SMILES string of the molecule is Cc1cc([C@@H](C)C(OC(=O)N2CCC(N3CCc4ccccc4NC3=O)CC2)C(=O)N2CCC(N3CCOCC3)CC2)cc2nc[nH]c12. The normalized spacial score (nSPS) is 21.4. The Morgan fingerprint density at radius 3 is 2.42 bits per heavy atom. The number of para-hydroxylation sites is 1. The van der Waals surface area contributed by atoms with Crippen molar-refractivity contribution in [3.05, 3.63) is 59.4 Å². The first-order chi connectivity index (χ1) is 23.4. The van der Waals surface area contributed by atoms with Gasteiger partial charge in [-0.2, -0.15) is 0 Å². The highest BCUT2D eigenvalue weighted by molar-refractivity contribution is 5.91. The van der Waals surface area contributed by atoms with Crippen molar-refractivity contribution < 1.29 is 23.9 Å². The van der Waals surface area contributed by atoms with Crippen LogP contribution in [0.4, 0.5) is 15.3 Å². The number of anilines is 1. The zero-order valence-corrected chi connectivity index (χ0v) is 28.0. The number of nitrogens with one attached hydrogen (secondary N) is 2. The molecule has 4 aliphatic rings. The summed E-state index contributed by atoms with van der Waals surface area (Å²) in [6.07, 6.45) is 4.09. The van der Waals surface area contributed by atoms with Gasteiger partial charge in [-0.25, -0.2) is 14.6 Å². The van der Waals surface area contributed by atoms with E-state index in [1.807, 2.05) is 47.9 Å². The molecule has 3 fully saturated rings. The summed E-state index contributed by atoms with van der Waals surface area (Å²) in [5.74, 6) is -0.523. The van der Waals surface area contributed by atoms with Crippen molar-refractivity contribution in [1.29, 1.82) is 0 Å². The van der Waals surface area contributed by atoms with E-state index in [9.17, 15) is 14.4 Å². The molecule has 3 aromatic rings. The molecule has 256 valence electrons. The summed E-state index contributed by atoms with van der Waals surface area (Å²) in [5, 5.41) is 3.06. The maximum absolute atomic E-state index is 14.3. The number of imidazole rings is 1. The van der Waals surface area contributed by atoms with Crippen LogP contribution in [-0.4, -0.2) is 125 Å². The van der Waals surface area contributed by atoms with Gasteiger partial charge >= 0.3 is 12.1 Å². The van der Waals surface area contributed by atoms with Crippen molar-refractivity contribution in [2.75, 3.05) is 64.3 Å². The monoisotopic (exact) mass is 657 g/mol. The highest BCUT2D eigenvalue weighted by Crippen LogP contribution is 2.31. The largest absolute Gasteiger partial charge is 0.435 e. The highest BCUT2D eigenvalue weighted by Gasteiger charge is 2.39. The number of nitrogens with zero attached hydrogens (tertiary/aromatic N) is 5. The number of aromatic nitrogens is 2. The molecule has 12 heteroatoms. The minimum Gasteiger partial charge on any atom is -0.435 e. The Morgan fingerprint density at radius 2 is 1.65 bits per heavy atom. The smallest absolute Gasteiger partial charge is 0.410 e. The van der Waals surface area contributed by atoms with E-state index in [2.05, 4.69) is 32.3 Å². The number of rotatable bonds is 6. The topological polar surface area (TPSA) is 123 Å². The second kappa shape index (κ2) is 14.1. The number of amides is 4. The number of fused-ring (bicyclic) bond motifs is 2. The number of likely N-dealkylation sites (tertiary alicyclic amines) is 2. The van der Waals surface area contributed by atoms with Crippen molar-refractivity contribution in [2.45, 2.75) is 70.1 Å². The number of urea groups is 1. The van der Waals surface area contributed by atoms with Crippen LogP contribution >= 0.6 is 0 Å². The van der Waals surface area contributed by atoms with Gasteiger partial charge in [-0.3, -0.25) is 9.69 Å². The van der Waals surface area contributed by atoms with Gasteiger partial charge in [-0.1, -0.05) is 31.2 Å². The number of ether oxygens (including phenoxy) is 2. The Bertz CT molecular complexity index is 1620. The molecule has 7 rings (SSSR count). The van der Waals surface area contributed by atoms with Crippen LogP contribution in [0, 0.1) is 6.92 Å². The molecule has 4 amide bonds. The fraction of sp³-hybridized carbons (Fsp3) is 0.556. The lowest BCUT2D eigenvalue weighted by molar-refractivity contribution is -0.144. The quantitative estimate of drug-likeness (QED) is 0.404. The number of benzene rings is 2. The third-order valence-corrected chi connectivity index (χ3v) is 10.8. The molecule has 12 nitrogen and oxygen atoms in total. The molecular formula is C36H47N7O5. The van der Waals surface area contributed by atoms with Crippen LogP contribution in [-0.2, 0) is 20.7 Å². The van der Waals surface area contributed by atoms with Crippen molar-refractivity contribution >= 4 is 34.8 Å². The fourth-order valence-corrected chi connectivity index (χ4v) is 7.91. The Morgan fingerprint density at radius 1 is 0.938 bits per heavy atom. The number of piperidine rings is 2. The van der Waals surface area contributed by atoms with E-state index in [0.29, 0.717) is 51.6 Å². The van der Waals surface area contributed by atoms with Gasteiger partial charge in [0.1, 0.15) is 0 Å². The summed E-state index contributed by atoms with van der Waals surface area (Å²) >= 11 is 0. The Kier molecular flexibility index (Phi) is 9.54. The number of aromatic amines is 1. The molecule has 2 aromatic carbocycles. The van der Waals surface area contributed by atoms with Gasteiger partial charge in [-0.15, -0.1) is 0 Å². The Hall–Kier alpha value is -4.16. The number of H-pyrrole nitrogens is 1.